The van der Waals surface area contributed by atoms with Gasteiger partial charge in [0.1, 0.15) is 17.7 Å². The van der Waals surface area contributed by atoms with Crippen molar-refractivity contribution in [2.45, 2.75) is 45.1 Å². The maximum Gasteiger partial charge on any atom is 0.247 e. The molecule has 0 saturated heterocycles. The number of aromatic amines is 1. The van der Waals surface area contributed by atoms with Gasteiger partial charge in [-0.05, 0) is 48.6 Å². The lowest BCUT2D eigenvalue weighted by molar-refractivity contribution is -0.126. The van der Waals surface area contributed by atoms with Crippen molar-refractivity contribution in [2.75, 3.05) is 5.32 Å². The number of halogens is 1. The lowest BCUT2D eigenvalue weighted by Crippen LogP contribution is -2.47. The van der Waals surface area contributed by atoms with Crippen molar-refractivity contribution >= 4 is 28.5 Å². The van der Waals surface area contributed by atoms with Gasteiger partial charge in [0, 0.05) is 19.0 Å². The maximum atomic E-state index is 13.9. The lowest BCUT2D eigenvalue weighted by atomic mass is 9.97. The molecule has 6 nitrogen and oxygen atoms in total. The van der Waals surface area contributed by atoms with Crippen LogP contribution in [0.25, 0.3) is 11.0 Å². The normalized spacial score (nSPS) is 15.3. The predicted molar refractivity (Wildman–Crippen MR) is 113 cm³/mol. The van der Waals surface area contributed by atoms with Crippen molar-refractivity contribution in [2.24, 2.45) is 5.92 Å². The summed E-state index contributed by atoms with van der Waals surface area (Å²) in [6, 6.07) is 11.5. The van der Waals surface area contributed by atoms with E-state index in [0.717, 1.165) is 36.7 Å². The van der Waals surface area contributed by atoms with Gasteiger partial charge in [-0.2, -0.15) is 0 Å². The number of benzene rings is 2. The van der Waals surface area contributed by atoms with Gasteiger partial charge in [-0.1, -0.05) is 31.0 Å². The zero-order valence-corrected chi connectivity index (χ0v) is 16.9. The number of anilines is 1. The Bertz CT molecular complexity index is 1070. The highest BCUT2D eigenvalue weighted by Crippen LogP contribution is 2.28. The Labute approximate surface area is 174 Å². The summed E-state index contributed by atoms with van der Waals surface area (Å²) >= 11 is 0. The average molecular weight is 408 g/mol. The van der Waals surface area contributed by atoms with E-state index in [1.54, 1.807) is 24.3 Å². The van der Waals surface area contributed by atoms with Crippen molar-refractivity contribution in [1.29, 1.82) is 0 Å². The Hall–Kier alpha value is -3.22. The van der Waals surface area contributed by atoms with Crippen LogP contribution in [0.4, 0.5) is 10.1 Å². The van der Waals surface area contributed by atoms with Crippen LogP contribution in [-0.4, -0.2) is 27.8 Å². The molecular formula is C23H25FN4O2. The summed E-state index contributed by atoms with van der Waals surface area (Å²) in [4.78, 5) is 32.2. The van der Waals surface area contributed by atoms with Crippen molar-refractivity contribution in [1.82, 2.24) is 15.3 Å². The Morgan fingerprint density at radius 3 is 2.70 bits per heavy atom. The average Bonchev–Trinajstić information content (AvgIpc) is 3.37. The summed E-state index contributed by atoms with van der Waals surface area (Å²) in [5.74, 6) is 0.144. The molecule has 0 spiro atoms. The number of hydrogen-bond donors (Lipinski definition) is 3. The molecule has 1 saturated carbocycles. The summed E-state index contributed by atoms with van der Waals surface area (Å²) in [5, 5.41) is 5.73. The van der Waals surface area contributed by atoms with Gasteiger partial charge in [-0.15, -0.1) is 0 Å². The molecule has 1 atom stereocenters. The van der Waals surface area contributed by atoms with Crippen LogP contribution < -0.4 is 10.6 Å². The molecule has 0 radical (unpaired) electrons. The predicted octanol–water partition coefficient (Wildman–Crippen LogP) is 3.93. The van der Waals surface area contributed by atoms with E-state index < -0.39 is 6.04 Å². The van der Waals surface area contributed by atoms with Gasteiger partial charge < -0.3 is 15.6 Å². The summed E-state index contributed by atoms with van der Waals surface area (Å²) < 4.78 is 13.9. The monoisotopic (exact) mass is 408 g/mol. The highest BCUT2D eigenvalue weighted by Gasteiger charge is 2.31. The van der Waals surface area contributed by atoms with E-state index >= 15 is 0 Å². The van der Waals surface area contributed by atoms with Crippen LogP contribution in [-0.2, 0) is 16.0 Å². The van der Waals surface area contributed by atoms with Crippen molar-refractivity contribution in [3.8, 4) is 0 Å². The summed E-state index contributed by atoms with van der Waals surface area (Å²) in [6.45, 7) is 1.43. The zero-order valence-electron chi connectivity index (χ0n) is 16.9. The molecule has 1 heterocycles. The van der Waals surface area contributed by atoms with Crippen LogP contribution in [0.3, 0.4) is 0 Å². The number of H-pyrrole nitrogens is 1. The fourth-order valence-corrected chi connectivity index (χ4v) is 4.17. The maximum absolute atomic E-state index is 13.9. The molecule has 0 bridgehead atoms. The van der Waals surface area contributed by atoms with Gasteiger partial charge in [-0.25, -0.2) is 9.37 Å². The minimum absolute atomic E-state index is 0.164. The number of hydrogen-bond acceptors (Lipinski definition) is 3. The Morgan fingerprint density at radius 2 is 1.97 bits per heavy atom. The van der Waals surface area contributed by atoms with Crippen LogP contribution in [0, 0.1) is 11.7 Å². The van der Waals surface area contributed by atoms with Crippen LogP contribution in [0.15, 0.2) is 42.5 Å². The minimum atomic E-state index is -0.529. The summed E-state index contributed by atoms with van der Waals surface area (Å²) in [5.41, 5.74) is 2.70. The molecule has 2 amide bonds. The molecule has 1 fully saturated rings. The van der Waals surface area contributed by atoms with Crippen LogP contribution in [0.5, 0.6) is 0 Å². The van der Waals surface area contributed by atoms with Gasteiger partial charge in [-0.3, -0.25) is 9.59 Å². The van der Waals surface area contributed by atoms with Crippen LogP contribution >= 0.6 is 0 Å². The number of nitrogens with zero attached hydrogens (tertiary/aromatic N) is 1. The Morgan fingerprint density at radius 1 is 1.20 bits per heavy atom. The Kier molecular flexibility index (Phi) is 5.79. The van der Waals surface area contributed by atoms with E-state index in [0.29, 0.717) is 23.5 Å². The van der Waals surface area contributed by atoms with E-state index in [1.807, 2.05) is 12.1 Å². The third-order valence-electron chi connectivity index (χ3n) is 5.63. The van der Waals surface area contributed by atoms with E-state index in [4.69, 9.17) is 0 Å². The molecule has 1 unspecified atom stereocenters. The molecule has 0 aliphatic heterocycles. The first-order chi connectivity index (χ1) is 14.5. The van der Waals surface area contributed by atoms with Gasteiger partial charge in [0.05, 0.1) is 11.0 Å². The third kappa shape index (κ3) is 4.50. The van der Waals surface area contributed by atoms with Crippen molar-refractivity contribution in [3.05, 3.63) is 59.7 Å². The highest BCUT2D eigenvalue weighted by atomic mass is 19.1. The second-order valence-corrected chi connectivity index (χ2v) is 7.90. The quantitative estimate of drug-likeness (QED) is 0.578. The number of carbonyl (C=O) groups is 2. The smallest absolute Gasteiger partial charge is 0.247 e. The molecule has 1 aliphatic carbocycles. The van der Waals surface area contributed by atoms with E-state index in [9.17, 15) is 14.0 Å². The highest BCUT2D eigenvalue weighted by molar-refractivity contribution is 5.98. The van der Waals surface area contributed by atoms with Crippen molar-refractivity contribution in [3.63, 3.8) is 0 Å². The number of amides is 2. The van der Waals surface area contributed by atoms with Crippen molar-refractivity contribution < 1.29 is 14.0 Å². The summed E-state index contributed by atoms with van der Waals surface area (Å²) in [7, 11) is 0. The van der Waals surface area contributed by atoms with E-state index in [-0.39, 0.29) is 23.5 Å². The van der Waals surface area contributed by atoms with E-state index in [1.165, 1.54) is 13.0 Å². The minimum Gasteiger partial charge on any atom is -0.344 e. The number of carbonyl (C=O) groups excluding carboxylic acids is 2. The number of nitrogens with one attached hydrogen (secondary N) is 3. The number of aromatic nitrogens is 2. The number of fused-ring (bicyclic) bond motifs is 1. The second-order valence-electron chi connectivity index (χ2n) is 7.90. The molecule has 3 aromatic rings. The largest absolute Gasteiger partial charge is 0.344 e. The van der Waals surface area contributed by atoms with Crippen LogP contribution in [0.1, 0.15) is 44.0 Å². The van der Waals surface area contributed by atoms with Gasteiger partial charge in [0.2, 0.25) is 11.8 Å². The standard InChI is InChI=1S/C23H25FN4O2/c1-14(29)25-22(15-6-2-3-7-15)23(30)26-17-10-11-19-20(13-17)28-21(27-19)12-16-8-4-5-9-18(16)24/h4-5,8-11,13,15,22H,2-3,6-7,12H2,1H3,(H,25,29)(H,26,30)(H,27,28). The van der Waals surface area contributed by atoms with Gasteiger partial charge >= 0.3 is 0 Å². The van der Waals surface area contributed by atoms with E-state index in [2.05, 4.69) is 20.6 Å². The zero-order chi connectivity index (χ0) is 21.1. The fraction of sp³-hybridized carbons (Fsp3) is 0.348. The lowest BCUT2D eigenvalue weighted by Gasteiger charge is -2.23. The van der Waals surface area contributed by atoms with Gasteiger partial charge in [0.15, 0.2) is 0 Å². The molecular weight excluding hydrogens is 383 g/mol. The molecule has 1 aromatic heterocycles. The first-order valence-corrected chi connectivity index (χ1v) is 10.3. The molecule has 7 heteroatoms. The number of rotatable bonds is 6. The molecule has 4 rings (SSSR count). The molecule has 30 heavy (non-hydrogen) atoms. The first kappa shape index (κ1) is 20.1. The molecule has 2 aromatic carbocycles. The number of imidazole rings is 1. The molecule has 3 N–H and O–H groups in total. The summed E-state index contributed by atoms with van der Waals surface area (Å²) in [6.07, 6.45) is 4.40. The topological polar surface area (TPSA) is 86.9 Å². The second kappa shape index (κ2) is 8.65. The molecule has 156 valence electrons. The Balaban J connectivity index is 1.50. The van der Waals surface area contributed by atoms with Gasteiger partial charge in [0.25, 0.3) is 0 Å². The SMILES string of the molecule is CC(=O)NC(C(=O)Nc1ccc2nc(Cc3ccccc3F)[nH]c2c1)C1CCCC1. The first-order valence-electron chi connectivity index (χ1n) is 10.3. The third-order valence-corrected chi connectivity index (χ3v) is 5.63. The fourth-order valence-electron chi connectivity index (χ4n) is 4.17. The van der Waals surface area contributed by atoms with Crippen LogP contribution in [0.2, 0.25) is 0 Å². The molecule has 1 aliphatic rings.